The molecule has 7 nitrogen and oxygen atoms in total. The number of hydrogen-bond acceptors (Lipinski definition) is 6. The van der Waals surface area contributed by atoms with Gasteiger partial charge in [0.2, 0.25) is 0 Å². The zero-order valence-electron chi connectivity index (χ0n) is 12.4. The maximum Gasteiger partial charge on any atom is 0.187 e. The number of carboxylic acids is 1. The maximum atomic E-state index is 10.3. The molecule has 0 aliphatic carbocycles. The van der Waals surface area contributed by atoms with Crippen molar-refractivity contribution in [2.45, 2.75) is 13.0 Å². The fourth-order valence-electron chi connectivity index (χ4n) is 1.51. The minimum Gasteiger partial charge on any atom is -0.546 e. The quantitative estimate of drug-likeness (QED) is 0.383. The van der Waals surface area contributed by atoms with E-state index in [4.69, 9.17) is 21.7 Å². The first-order valence-corrected chi connectivity index (χ1v) is 6.93. The molecule has 0 aliphatic rings. The number of carboxylic acid groups (broad SMARTS) is 1. The predicted molar refractivity (Wildman–Crippen MR) is 84.7 cm³/mol. The average Bonchev–Trinajstić information content (AvgIpc) is 2.46. The first-order chi connectivity index (χ1) is 10.5. The molecular formula is C14H18N3O4S-. The number of nitrogens with one attached hydrogen (secondary N) is 2. The standard InChI is InChI=1S/C14H19N3O4S/c1-10(8-20-2)16-14(22)17-15-7-11-3-5-12(6-4-11)21-9-13(18)19/h3-7,10H,8-9H2,1-2H3,(H,18,19)(H2,16,17,22)/p-1/b15-7-/t10-/m1/s1. The van der Waals surface area contributed by atoms with Crippen LogP contribution >= 0.6 is 12.2 Å². The molecule has 8 heteroatoms. The van der Waals surface area contributed by atoms with E-state index in [9.17, 15) is 9.90 Å². The summed E-state index contributed by atoms with van der Waals surface area (Å²) in [4.78, 5) is 10.3. The summed E-state index contributed by atoms with van der Waals surface area (Å²) in [6.45, 7) is 2.00. The predicted octanol–water partition coefficient (Wildman–Crippen LogP) is -0.352. The Hall–Kier alpha value is -2.19. The molecule has 0 saturated heterocycles. The van der Waals surface area contributed by atoms with Crippen LogP contribution in [-0.2, 0) is 9.53 Å². The van der Waals surface area contributed by atoms with E-state index in [-0.39, 0.29) is 6.04 Å². The summed E-state index contributed by atoms with van der Waals surface area (Å²) in [5, 5.41) is 17.7. The van der Waals surface area contributed by atoms with Gasteiger partial charge in [0.1, 0.15) is 12.4 Å². The summed E-state index contributed by atoms with van der Waals surface area (Å²) >= 11 is 5.07. The van der Waals surface area contributed by atoms with Crippen LogP contribution in [0.3, 0.4) is 0 Å². The van der Waals surface area contributed by atoms with Gasteiger partial charge in [-0.05, 0) is 49.0 Å². The summed E-state index contributed by atoms with van der Waals surface area (Å²) < 4.78 is 9.95. The number of carbonyl (C=O) groups excluding carboxylic acids is 1. The van der Waals surface area contributed by atoms with Gasteiger partial charge in [-0.25, -0.2) is 0 Å². The second-order valence-electron chi connectivity index (χ2n) is 4.43. The van der Waals surface area contributed by atoms with Gasteiger partial charge in [-0.1, -0.05) is 0 Å². The van der Waals surface area contributed by atoms with E-state index >= 15 is 0 Å². The Morgan fingerprint density at radius 2 is 2.14 bits per heavy atom. The van der Waals surface area contributed by atoms with Crippen LogP contribution < -0.4 is 20.6 Å². The van der Waals surface area contributed by atoms with Gasteiger partial charge in [0.05, 0.1) is 18.8 Å². The lowest BCUT2D eigenvalue weighted by Crippen LogP contribution is -2.40. The number of rotatable bonds is 8. The van der Waals surface area contributed by atoms with Gasteiger partial charge in [-0.15, -0.1) is 0 Å². The fraction of sp³-hybridized carbons (Fsp3) is 0.357. The molecule has 1 aromatic rings. The van der Waals surface area contributed by atoms with Crippen molar-refractivity contribution in [3.05, 3.63) is 29.8 Å². The summed E-state index contributed by atoms with van der Waals surface area (Å²) in [6.07, 6.45) is 1.58. The number of ether oxygens (including phenoxy) is 2. The van der Waals surface area contributed by atoms with Crippen LogP contribution in [0.2, 0.25) is 0 Å². The largest absolute Gasteiger partial charge is 0.546 e. The maximum absolute atomic E-state index is 10.3. The number of aliphatic carboxylic acids is 1. The molecule has 0 aliphatic heterocycles. The van der Waals surface area contributed by atoms with Gasteiger partial charge in [-0.2, -0.15) is 5.10 Å². The van der Waals surface area contributed by atoms with E-state index in [0.29, 0.717) is 17.5 Å². The molecule has 0 bridgehead atoms. The highest BCUT2D eigenvalue weighted by Gasteiger charge is 2.01. The van der Waals surface area contributed by atoms with Crippen molar-refractivity contribution in [3.63, 3.8) is 0 Å². The molecular weight excluding hydrogens is 306 g/mol. The van der Waals surface area contributed by atoms with Crippen molar-refractivity contribution in [1.82, 2.24) is 10.7 Å². The normalized spacial score (nSPS) is 11.9. The fourth-order valence-corrected chi connectivity index (χ4v) is 1.76. The molecule has 0 fully saturated rings. The molecule has 0 unspecified atom stereocenters. The zero-order chi connectivity index (χ0) is 16.4. The van der Waals surface area contributed by atoms with Gasteiger partial charge in [0.25, 0.3) is 0 Å². The van der Waals surface area contributed by atoms with E-state index in [1.165, 1.54) is 0 Å². The highest BCUT2D eigenvalue weighted by Crippen LogP contribution is 2.10. The van der Waals surface area contributed by atoms with Crippen LogP contribution in [-0.4, -0.2) is 43.7 Å². The number of thiocarbonyl (C=S) groups is 1. The molecule has 0 radical (unpaired) electrons. The van der Waals surface area contributed by atoms with Crippen molar-refractivity contribution < 1.29 is 19.4 Å². The van der Waals surface area contributed by atoms with Crippen molar-refractivity contribution in [1.29, 1.82) is 0 Å². The van der Waals surface area contributed by atoms with Gasteiger partial charge < -0.3 is 24.7 Å². The van der Waals surface area contributed by atoms with Crippen molar-refractivity contribution in [2.24, 2.45) is 5.10 Å². The minimum atomic E-state index is -1.27. The monoisotopic (exact) mass is 324 g/mol. The number of hydrazone groups is 1. The van der Waals surface area contributed by atoms with E-state index in [2.05, 4.69) is 15.8 Å². The second kappa shape index (κ2) is 9.69. The lowest BCUT2D eigenvalue weighted by molar-refractivity contribution is -0.307. The van der Waals surface area contributed by atoms with Crippen molar-refractivity contribution in [2.75, 3.05) is 20.3 Å². The SMILES string of the molecule is COC[C@@H](C)NC(=S)N/N=C\c1ccc(OCC(=O)[O-])cc1. The number of methoxy groups -OCH3 is 1. The Balaban J connectivity index is 2.39. The number of benzene rings is 1. The second-order valence-corrected chi connectivity index (χ2v) is 4.84. The number of hydrogen-bond donors (Lipinski definition) is 2. The molecule has 2 N–H and O–H groups in total. The van der Waals surface area contributed by atoms with Crippen LogP contribution in [0.4, 0.5) is 0 Å². The third-order valence-electron chi connectivity index (χ3n) is 2.41. The van der Waals surface area contributed by atoms with Gasteiger partial charge in [0, 0.05) is 13.2 Å². The number of carbonyl (C=O) groups is 1. The smallest absolute Gasteiger partial charge is 0.187 e. The zero-order valence-corrected chi connectivity index (χ0v) is 13.2. The highest BCUT2D eigenvalue weighted by molar-refractivity contribution is 7.80. The third kappa shape index (κ3) is 7.55. The van der Waals surface area contributed by atoms with E-state index in [1.807, 2.05) is 6.92 Å². The van der Waals surface area contributed by atoms with Crippen LogP contribution in [0.1, 0.15) is 12.5 Å². The van der Waals surface area contributed by atoms with Crippen LogP contribution in [0.15, 0.2) is 29.4 Å². The lowest BCUT2D eigenvalue weighted by Gasteiger charge is -2.13. The Kier molecular flexibility index (Phi) is 7.87. The first kappa shape index (κ1) is 17.9. The Morgan fingerprint density at radius 1 is 1.45 bits per heavy atom. The topological polar surface area (TPSA) is 95.0 Å². The molecule has 0 amide bonds. The average molecular weight is 324 g/mol. The van der Waals surface area contributed by atoms with Crippen molar-refractivity contribution >= 4 is 29.5 Å². The Labute approximate surface area is 134 Å². The lowest BCUT2D eigenvalue weighted by atomic mass is 10.2. The first-order valence-electron chi connectivity index (χ1n) is 6.52. The summed E-state index contributed by atoms with van der Waals surface area (Å²) in [5.41, 5.74) is 3.50. The van der Waals surface area contributed by atoms with E-state index in [0.717, 1.165) is 5.56 Å². The van der Waals surface area contributed by atoms with E-state index in [1.54, 1.807) is 37.6 Å². The molecule has 0 saturated carbocycles. The molecule has 0 heterocycles. The molecule has 0 spiro atoms. The molecule has 1 aromatic carbocycles. The summed E-state index contributed by atoms with van der Waals surface area (Å²) in [7, 11) is 1.62. The van der Waals surface area contributed by atoms with Crippen LogP contribution in [0.25, 0.3) is 0 Å². The Morgan fingerprint density at radius 3 is 2.73 bits per heavy atom. The molecule has 1 atom stereocenters. The van der Waals surface area contributed by atoms with Crippen molar-refractivity contribution in [3.8, 4) is 5.75 Å². The highest BCUT2D eigenvalue weighted by atomic mass is 32.1. The molecule has 1 rings (SSSR count). The molecule has 0 aromatic heterocycles. The van der Waals surface area contributed by atoms with Crippen LogP contribution in [0, 0.1) is 0 Å². The summed E-state index contributed by atoms with van der Waals surface area (Å²) in [5.74, 6) is -0.821. The van der Waals surface area contributed by atoms with Gasteiger partial charge >= 0.3 is 0 Å². The minimum absolute atomic E-state index is 0.0837. The summed E-state index contributed by atoms with van der Waals surface area (Å²) in [6, 6.07) is 6.84. The molecule has 120 valence electrons. The third-order valence-corrected chi connectivity index (χ3v) is 2.62. The van der Waals surface area contributed by atoms with Gasteiger partial charge in [0.15, 0.2) is 5.11 Å². The van der Waals surface area contributed by atoms with E-state index < -0.39 is 12.6 Å². The van der Waals surface area contributed by atoms with Crippen LogP contribution in [0.5, 0.6) is 5.75 Å². The number of nitrogens with zero attached hydrogens (tertiary/aromatic N) is 1. The molecule has 22 heavy (non-hydrogen) atoms. The Bertz CT molecular complexity index is 519. The van der Waals surface area contributed by atoms with Gasteiger partial charge in [-0.3, -0.25) is 5.43 Å².